The van der Waals surface area contributed by atoms with E-state index >= 15 is 0 Å². The van der Waals surface area contributed by atoms with Crippen LogP contribution in [0.15, 0.2) is 0 Å². The highest BCUT2D eigenvalue weighted by Crippen LogP contribution is 2.13. The van der Waals surface area contributed by atoms with E-state index < -0.39 is 0 Å². The van der Waals surface area contributed by atoms with Crippen molar-refractivity contribution in [1.82, 2.24) is 0 Å². The highest BCUT2D eigenvalue weighted by molar-refractivity contribution is 5.72. The van der Waals surface area contributed by atoms with Crippen LogP contribution in [-0.2, 0) is 19.1 Å². The van der Waals surface area contributed by atoms with Crippen LogP contribution in [0.1, 0.15) is 143 Å². The normalized spacial score (nSPS) is 12.0. The Bertz CT molecular complexity index is 394. The van der Waals surface area contributed by atoms with Gasteiger partial charge >= 0.3 is 11.9 Å². The lowest BCUT2D eigenvalue weighted by Crippen LogP contribution is -2.17. The van der Waals surface area contributed by atoms with Crippen LogP contribution < -0.4 is 0 Å². The number of ether oxygens (including phenoxy) is 2. The van der Waals surface area contributed by atoms with Gasteiger partial charge < -0.3 is 9.47 Å². The Morgan fingerprint density at radius 1 is 0.600 bits per heavy atom. The molecule has 1 atom stereocenters. The molecule has 0 heterocycles. The zero-order valence-corrected chi connectivity index (χ0v) is 20.4. The summed E-state index contributed by atoms with van der Waals surface area (Å²) in [5, 5.41) is 0. The third-order valence-electron chi connectivity index (χ3n) is 5.66. The largest absolute Gasteiger partial charge is 0.466 e. The molecule has 0 fully saturated rings. The summed E-state index contributed by atoms with van der Waals surface area (Å²) in [4.78, 5) is 23.7. The van der Waals surface area contributed by atoms with Gasteiger partial charge in [0.05, 0.1) is 6.61 Å². The quantitative estimate of drug-likeness (QED) is 0.130. The van der Waals surface area contributed by atoms with Gasteiger partial charge in [-0.1, -0.05) is 97.8 Å². The maximum absolute atomic E-state index is 11.9. The Labute approximate surface area is 186 Å². The summed E-state index contributed by atoms with van der Waals surface area (Å²) in [6, 6.07) is 0. The molecule has 4 nitrogen and oxygen atoms in total. The van der Waals surface area contributed by atoms with Crippen molar-refractivity contribution >= 4 is 11.9 Å². The fourth-order valence-corrected chi connectivity index (χ4v) is 3.61. The van der Waals surface area contributed by atoms with E-state index in [9.17, 15) is 9.59 Å². The molecule has 4 heteroatoms. The Morgan fingerprint density at radius 2 is 1.10 bits per heavy atom. The predicted molar refractivity (Wildman–Crippen MR) is 126 cm³/mol. The molecule has 0 aliphatic rings. The molecule has 0 spiro atoms. The van der Waals surface area contributed by atoms with Crippen LogP contribution in [0.4, 0.5) is 0 Å². The molecule has 30 heavy (non-hydrogen) atoms. The van der Waals surface area contributed by atoms with Gasteiger partial charge in [0.1, 0.15) is 6.10 Å². The first-order chi connectivity index (χ1) is 14.6. The van der Waals surface area contributed by atoms with Crippen LogP contribution in [0.3, 0.4) is 0 Å². The maximum Gasteiger partial charge on any atom is 0.306 e. The van der Waals surface area contributed by atoms with Crippen molar-refractivity contribution in [3.8, 4) is 0 Å². The average molecular weight is 427 g/mol. The van der Waals surface area contributed by atoms with Gasteiger partial charge in [-0.2, -0.15) is 0 Å². The molecule has 0 bridgehead atoms. The van der Waals surface area contributed by atoms with Crippen LogP contribution >= 0.6 is 0 Å². The second-order valence-corrected chi connectivity index (χ2v) is 8.63. The third-order valence-corrected chi connectivity index (χ3v) is 5.66. The van der Waals surface area contributed by atoms with Crippen molar-refractivity contribution in [3.05, 3.63) is 0 Å². The third kappa shape index (κ3) is 20.2. The summed E-state index contributed by atoms with van der Waals surface area (Å²) in [6.45, 7) is 6.99. The van der Waals surface area contributed by atoms with Crippen molar-refractivity contribution in [2.75, 3.05) is 6.61 Å². The Balaban J connectivity index is 3.47. The molecular weight excluding hydrogens is 376 g/mol. The van der Waals surface area contributed by atoms with E-state index in [0.717, 1.165) is 32.1 Å². The van der Waals surface area contributed by atoms with Crippen molar-refractivity contribution < 1.29 is 19.1 Å². The van der Waals surface area contributed by atoms with Crippen LogP contribution in [0.25, 0.3) is 0 Å². The smallest absolute Gasteiger partial charge is 0.306 e. The summed E-state index contributed by atoms with van der Waals surface area (Å²) in [6.07, 6.45) is 20.5. The summed E-state index contributed by atoms with van der Waals surface area (Å²) in [5.74, 6) is -0.374. The van der Waals surface area contributed by atoms with Crippen molar-refractivity contribution in [3.63, 3.8) is 0 Å². The number of esters is 2. The van der Waals surface area contributed by atoms with Crippen molar-refractivity contribution in [1.29, 1.82) is 0 Å². The second kappa shape index (κ2) is 22.6. The number of hydrogen-bond donors (Lipinski definition) is 0. The van der Waals surface area contributed by atoms with Gasteiger partial charge in [-0.25, -0.2) is 0 Å². The standard InChI is InChI=1S/C26H50O4/c1-4-7-9-10-11-12-13-14-15-16-18-23-29-25(27)21-19-22-26(28)30-24(6-3)20-17-8-5-2/h24H,4-23H2,1-3H3. The number of carbonyl (C=O) groups excluding carboxylic acids is 2. The van der Waals surface area contributed by atoms with E-state index in [1.807, 2.05) is 0 Å². The molecule has 0 saturated heterocycles. The summed E-state index contributed by atoms with van der Waals surface area (Å²) in [5.41, 5.74) is 0. The molecule has 0 aromatic rings. The first-order valence-corrected chi connectivity index (χ1v) is 13.0. The van der Waals surface area contributed by atoms with E-state index in [0.29, 0.717) is 25.9 Å². The van der Waals surface area contributed by atoms with E-state index in [-0.39, 0.29) is 18.0 Å². The van der Waals surface area contributed by atoms with Gasteiger partial charge in [0, 0.05) is 12.8 Å². The van der Waals surface area contributed by atoms with Gasteiger partial charge in [-0.05, 0) is 32.1 Å². The minimum Gasteiger partial charge on any atom is -0.466 e. The summed E-state index contributed by atoms with van der Waals surface area (Å²) >= 11 is 0. The highest BCUT2D eigenvalue weighted by Gasteiger charge is 2.13. The monoisotopic (exact) mass is 426 g/mol. The summed E-state index contributed by atoms with van der Waals surface area (Å²) in [7, 11) is 0. The molecule has 178 valence electrons. The molecule has 0 aliphatic carbocycles. The zero-order valence-electron chi connectivity index (χ0n) is 20.4. The molecule has 0 aliphatic heterocycles. The van der Waals surface area contributed by atoms with Gasteiger partial charge in [-0.3, -0.25) is 9.59 Å². The first kappa shape index (κ1) is 28.9. The lowest BCUT2D eigenvalue weighted by atomic mass is 10.1. The fourth-order valence-electron chi connectivity index (χ4n) is 3.61. The van der Waals surface area contributed by atoms with Gasteiger partial charge in [0.15, 0.2) is 0 Å². The zero-order chi connectivity index (χ0) is 22.3. The van der Waals surface area contributed by atoms with Crippen molar-refractivity contribution in [2.45, 2.75) is 149 Å². The molecule has 1 unspecified atom stereocenters. The number of unbranched alkanes of at least 4 members (excludes halogenated alkanes) is 12. The van der Waals surface area contributed by atoms with Crippen LogP contribution in [0.2, 0.25) is 0 Å². The molecule has 0 rings (SSSR count). The average Bonchev–Trinajstić information content (AvgIpc) is 2.74. The highest BCUT2D eigenvalue weighted by atomic mass is 16.5. The topological polar surface area (TPSA) is 52.6 Å². The van der Waals surface area contributed by atoms with Crippen LogP contribution in [0.5, 0.6) is 0 Å². The second-order valence-electron chi connectivity index (χ2n) is 8.63. The Kier molecular flexibility index (Phi) is 21.8. The molecular formula is C26H50O4. The minimum atomic E-state index is -0.190. The Morgan fingerprint density at radius 3 is 1.67 bits per heavy atom. The first-order valence-electron chi connectivity index (χ1n) is 13.0. The van der Waals surface area contributed by atoms with Crippen LogP contribution in [-0.4, -0.2) is 24.6 Å². The maximum atomic E-state index is 11.9. The van der Waals surface area contributed by atoms with E-state index in [2.05, 4.69) is 20.8 Å². The van der Waals surface area contributed by atoms with E-state index in [1.165, 1.54) is 70.6 Å². The number of hydrogen-bond acceptors (Lipinski definition) is 4. The van der Waals surface area contributed by atoms with E-state index in [4.69, 9.17) is 9.47 Å². The lowest BCUT2D eigenvalue weighted by molar-refractivity contribution is -0.150. The minimum absolute atomic E-state index is 0.0251. The molecule has 0 aromatic heterocycles. The molecule has 0 aromatic carbocycles. The Hall–Kier alpha value is -1.06. The van der Waals surface area contributed by atoms with E-state index in [1.54, 1.807) is 0 Å². The fraction of sp³-hybridized carbons (Fsp3) is 0.923. The predicted octanol–water partition coefficient (Wildman–Crippen LogP) is 7.91. The number of rotatable bonds is 22. The molecule has 0 N–H and O–H groups in total. The van der Waals surface area contributed by atoms with Gasteiger partial charge in [0.2, 0.25) is 0 Å². The van der Waals surface area contributed by atoms with Crippen LogP contribution in [0, 0.1) is 0 Å². The van der Waals surface area contributed by atoms with Crippen molar-refractivity contribution in [2.24, 2.45) is 0 Å². The molecule has 0 amide bonds. The molecule has 0 saturated carbocycles. The molecule has 0 radical (unpaired) electrons. The lowest BCUT2D eigenvalue weighted by Gasteiger charge is -2.15. The SMILES string of the molecule is CCCCCCCCCCCCCOC(=O)CCCC(=O)OC(CC)CCCCC. The van der Waals surface area contributed by atoms with Gasteiger partial charge in [-0.15, -0.1) is 0 Å². The van der Waals surface area contributed by atoms with Gasteiger partial charge in [0.25, 0.3) is 0 Å². The summed E-state index contributed by atoms with van der Waals surface area (Å²) < 4.78 is 10.8. The number of carbonyl (C=O) groups is 2.